The molecule has 0 aliphatic heterocycles. The highest BCUT2D eigenvalue weighted by molar-refractivity contribution is 4.47. The minimum Gasteiger partial charge on any atom is -0.393 e. The van der Waals surface area contributed by atoms with E-state index in [-0.39, 0.29) is 6.10 Å². The number of hydrogen-bond donors (Lipinski definition) is 1. The van der Waals surface area contributed by atoms with E-state index in [1.165, 1.54) is 77.0 Å². The van der Waals surface area contributed by atoms with Gasteiger partial charge >= 0.3 is 0 Å². The number of rotatable bonds is 15. The summed E-state index contributed by atoms with van der Waals surface area (Å²) in [5.41, 5.74) is 0. The third-order valence-corrected chi connectivity index (χ3v) is 3.76. The molecule has 0 aromatic carbocycles. The molecule has 0 fully saturated rings. The fourth-order valence-corrected chi connectivity index (χ4v) is 2.23. The highest BCUT2D eigenvalue weighted by atomic mass is 16.5. The van der Waals surface area contributed by atoms with Gasteiger partial charge in [0.1, 0.15) is 0 Å². The van der Waals surface area contributed by atoms with Gasteiger partial charge in [-0.1, -0.05) is 85.0 Å². The zero-order chi connectivity index (χ0) is 16.9. The molecule has 136 valence electrons. The van der Waals surface area contributed by atoms with E-state index in [1.54, 1.807) is 0 Å². The van der Waals surface area contributed by atoms with Crippen molar-refractivity contribution < 1.29 is 9.84 Å². The summed E-state index contributed by atoms with van der Waals surface area (Å²) in [4.78, 5) is 0. The summed E-state index contributed by atoms with van der Waals surface area (Å²) in [6, 6.07) is 0. The van der Waals surface area contributed by atoms with E-state index in [2.05, 4.69) is 20.8 Å². The molecule has 0 aliphatic rings. The molecule has 0 heterocycles. The second-order valence-electron chi connectivity index (χ2n) is 6.43. The molecule has 2 heteroatoms. The molecule has 0 aliphatic carbocycles. The molecule has 0 saturated carbocycles. The third-order valence-electron chi connectivity index (χ3n) is 3.76. The number of hydrogen-bond acceptors (Lipinski definition) is 2. The maximum absolute atomic E-state index is 8.85. The molecule has 0 spiro atoms. The first kappa shape index (κ1) is 24.2. The van der Waals surface area contributed by atoms with Crippen molar-refractivity contribution in [1.82, 2.24) is 0 Å². The lowest BCUT2D eigenvalue weighted by molar-refractivity contribution is 0.126. The Hall–Kier alpha value is -0.0800. The quantitative estimate of drug-likeness (QED) is 0.349. The van der Waals surface area contributed by atoms with Crippen LogP contribution in [0.15, 0.2) is 0 Å². The minimum absolute atomic E-state index is 0.0955. The number of aliphatic hydroxyl groups is 1. The number of unbranched alkanes of at least 4 members (excludes halogenated alkanes) is 9. The van der Waals surface area contributed by atoms with Crippen molar-refractivity contribution in [3.8, 4) is 0 Å². The summed E-state index contributed by atoms with van der Waals surface area (Å²) in [6.07, 6.45) is 16.5. The van der Waals surface area contributed by atoms with Crippen LogP contribution in [0.25, 0.3) is 0 Å². The Morgan fingerprint density at radius 1 is 0.636 bits per heavy atom. The van der Waals surface area contributed by atoms with Crippen molar-refractivity contribution in [2.24, 2.45) is 0 Å². The van der Waals surface area contributed by atoms with Crippen LogP contribution in [0.2, 0.25) is 0 Å². The smallest absolute Gasteiger partial charge is 0.0512 e. The fourth-order valence-electron chi connectivity index (χ4n) is 2.23. The van der Waals surface area contributed by atoms with Crippen molar-refractivity contribution in [3.05, 3.63) is 0 Å². The Morgan fingerprint density at radius 2 is 1.05 bits per heavy atom. The zero-order valence-corrected chi connectivity index (χ0v) is 16.0. The average molecular weight is 317 g/mol. The molecular weight excluding hydrogens is 272 g/mol. The van der Waals surface area contributed by atoms with Crippen LogP contribution in [0.5, 0.6) is 0 Å². The van der Waals surface area contributed by atoms with Crippen LogP contribution in [-0.4, -0.2) is 24.4 Å². The standard InChI is InChI=1S/C12H26O.C8H18O/c1-3-5-7-9-11-13-12-10-8-6-4-2;1-3-4-5-6-7-8(2)9/h3-12H2,1-2H3;8-9H,3-7H2,1-2H3. The fraction of sp³-hybridized carbons (Fsp3) is 1.00. The largest absolute Gasteiger partial charge is 0.393 e. The summed E-state index contributed by atoms with van der Waals surface area (Å²) >= 11 is 0. The van der Waals surface area contributed by atoms with Gasteiger partial charge in [0.15, 0.2) is 0 Å². The Kier molecular flexibility index (Phi) is 25.5. The molecule has 1 atom stereocenters. The van der Waals surface area contributed by atoms with Crippen molar-refractivity contribution in [2.75, 3.05) is 13.2 Å². The topological polar surface area (TPSA) is 29.5 Å². The van der Waals surface area contributed by atoms with Crippen molar-refractivity contribution >= 4 is 0 Å². The summed E-state index contributed by atoms with van der Waals surface area (Å²) in [5, 5.41) is 8.85. The van der Waals surface area contributed by atoms with Gasteiger partial charge in [0.2, 0.25) is 0 Å². The van der Waals surface area contributed by atoms with Gasteiger partial charge in [-0.3, -0.25) is 0 Å². The van der Waals surface area contributed by atoms with Gasteiger partial charge in [0.05, 0.1) is 6.10 Å². The van der Waals surface area contributed by atoms with E-state index in [4.69, 9.17) is 9.84 Å². The molecule has 1 unspecified atom stereocenters. The Bertz CT molecular complexity index is 159. The highest BCUT2D eigenvalue weighted by Crippen LogP contribution is 2.04. The molecule has 0 radical (unpaired) electrons. The minimum atomic E-state index is -0.0955. The van der Waals surface area contributed by atoms with E-state index in [0.717, 1.165) is 19.6 Å². The zero-order valence-electron chi connectivity index (χ0n) is 16.0. The first-order valence-corrected chi connectivity index (χ1v) is 9.94. The maximum Gasteiger partial charge on any atom is 0.0512 e. The van der Waals surface area contributed by atoms with Gasteiger partial charge in [-0.25, -0.2) is 0 Å². The first-order valence-electron chi connectivity index (χ1n) is 9.94. The van der Waals surface area contributed by atoms with Crippen LogP contribution in [0.1, 0.15) is 111 Å². The number of aliphatic hydroxyl groups excluding tert-OH is 1. The molecule has 0 aromatic heterocycles. The van der Waals surface area contributed by atoms with Gasteiger partial charge in [0.25, 0.3) is 0 Å². The summed E-state index contributed by atoms with van der Waals surface area (Å²) in [6.45, 7) is 10.5. The Balaban J connectivity index is 0. The van der Waals surface area contributed by atoms with Crippen LogP contribution < -0.4 is 0 Å². The van der Waals surface area contributed by atoms with Crippen molar-refractivity contribution in [3.63, 3.8) is 0 Å². The second-order valence-corrected chi connectivity index (χ2v) is 6.43. The molecule has 0 saturated heterocycles. The lowest BCUT2D eigenvalue weighted by Gasteiger charge is -2.03. The molecule has 0 aromatic rings. The van der Waals surface area contributed by atoms with E-state index < -0.39 is 0 Å². The lowest BCUT2D eigenvalue weighted by atomic mass is 10.1. The summed E-state index contributed by atoms with van der Waals surface area (Å²) in [7, 11) is 0. The third kappa shape index (κ3) is 28.1. The molecule has 1 N–H and O–H groups in total. The average Bonchev–Trinajstić information content (AvgIpc) is 2.50. The molecule has 0 rings (SSSR count). The monoisotopic (exact) mass is 316 g/mol. The van der Waals surface area contributed by atoms with Gasteiger partial charge in [0, 0.05) is 13.2 Å². The molecular formula is C20H44O2. The van der Waals surface area contributed by atoms with Crippen molar-refractivity contribution in [1.29, 1.82) is 0 Å². The summed E-state index contributed by atoms with van der Waals surface area (Å²) in [5.74, 6) is 0. The van der Waals surface area contributed by atoms with Crippen molar-refractivity contribution in [2.45, 2.75) is 117 Å². The first-order chi connectivity index (χ1) is 10.7. The van der Waals surface area contributed by atoms with E-state index in [9.17, 15) is 0 Å². The SMILES string of the molecule is CCCCCCC(C)O.CCCCCCOCCCCCC. The van der Waals surface area contributed by atoms with Gasteiger partial charge in [-0.15, -0.1) is 0 Å². The van der Waals surface area contributed by atoms with Crippen LogP contribution in [0.3, 0.4) is 0 Å². The highest BCUT2D eigenvalue weighted by Gasteiger charge is 1.93. The van der Waals surface area contributed by atoms with Gasteiger partial charge in [-0.05, 0) is 26.2 Å². The van der Waals surface area contributed by atoms with Crippen LogP contribution in [-0.2, 0) is 4.74 Å². The van der Waals surface area contributed by atoms with Crippen LogP contribution >= 0.6 is 0 Å². The van der Waals surface area contributed by atoms with Gasteiger partial charge < -0.3 is 9.84 Å². The predicted molar refractivity (Wildman–Crippen MR) is 99.5 cm³/mol. The second kappa shape index (κ2) is 23.2. The van der Waals surface area contributed by atoms with Gasteiger partial charge in [-0.2, -0.15) is 0 Å². The number of ether oxygens (including phenoxy) is 1. The van der Waals surface area contributed by atoms with E-state index >= 15 is 0 Å². The lowest BCUT2D eigenvalue weighted by Crippen LogP contribution is -1.97. The maximum atomic E-state index is 8.85. The van der Waals surface area contributed by atoms with Crippen LogP contribution in [0.4, 0.5) is 0 Å². The predicted octanol–water partition coefficient (Wildman–Crippen LogP) is 6.50. The Labute approximate surface area is 141 Å². The summed E-state index contributed by atoms with van der Waals surface area (Å²) < 4.78 is 5.53. The normalized spacial score (nSPS) is 11.9. The molecule has 0 bridgehead atoms. The van der Waals surface area contributed by atoms with E-state index in [1.807, 2.05) is 6.92 Å². The van der Waals surface area contributed by atoms with Crippen LogP contribution in [0, 0.1) is 0 Å². The molecule has 22 heavy (non-hydrogen) atoms. The van der Waals surface area contributed by atoms with E-state index in [0.29, 0.717) is 0 Å². The molecule has 0 amide bonds. The molecule has 2 nitrogen and oxygen atoms in total. The Morgan fingerprint density at radius 3 is 1.41 bits per heavy atom.